The van der Waals surface area contributed by atoms with Crippen molar-refractivity contribution in [2.24, 2.45) is 0 Å². The van der Waals surface area contributed by atoms with Gasteiger partial charge in [-0.3, -0.25) is 0 Å². The maximum Gasteiger partial charge on any atom is 0.231 e. The van der Waals surface area contributed by atoms with E-state index in [1.807, 2.05) is 0 Å². The molecule has 0 aliphatic carbocycles. The normalized spacial score (nSPS) is 24.1. The number of ether oxygens (including phenoxy) is 2. The van der Waals surface area contributed by atoms with E-state index >= 15 is 0 Å². The predicted octanol–water partition coefficient (Wildman–Crippen LogP) is 0.615. The van der Waals surface area contributed by atoms with Gasteiger partial charge in [-0.05, 0) is 30.5 Å². The second-order valence-electron chi connectivity index (χ2n) is 5.42. The molecule has 21 heavy (non-hydrogen) atoms. The average Bonchev–Trinajstić information content (AvgIpc) is 3.04. The molecule has 0 aromatic heterocycles. The lowest BCUT2D eigenvalue weighted by atomic mass is 10.1. The molecule has 1 fully saturated rings. The van der Waals surface area contributed by atoms with Gasteiger partial charge < -0.3 is 19.9 Å². The molecule has 0 radical (unpaired) electrons. The van der Waals surface area contributed by atoms with E-state index in [4.69, 9.17) is 9.47 Å². The summed E-state index contributed by atoms with van der Waals surface area (Å²) in [7, 11) is -2.94. The maximum atomic E-state index is 11.7. The number of sulfone groups is 1. The average molecular weight is 313 g/mol. The molecule has 0 spiro atoms. The fourth-order valence-corrected chi connectivity index (χ4v) is 4.51. The predicted molar refractivity (Wildman–Crippen MR) is 77.2 cm³/mol. The molecule has 2 aliphatic heterocycles. The van der Waals surface area contributed by atoms with Crippen molar-refractivity contribution in [3.63, 3.8) is 0 Å². The number of aliphatic hydroxyl groups is 1. The summed E-state index contributed by atoms with van der Waals surface area (Å²) in [6.07, 6.45) is 0.734. The van der Waals surface area contributed by atoms with Crippen molar-refractivity contribution < 1.29 is 23.0 Å². The number of benzene rings is 1. The van der Waals surface area contributed by atoms with Crippen LogP contribution in [0, 0.1) is 0 Å². The second-order valence-corrected chi connectivity index (χ2v) is 7.82. The number of aliphatic hydroxyl groups excluding tert-OH is 1. The quantitative estimate of drug-likeness (QED) is 0.829. The molecule has 3 rings (SSSR count). The molecule has 2 atom stereocenters. The van der Waals surface area contributed by atoms with E-state index in [2.05, 4.69) is 5.32 Å². The monoisotopic (exact) mass is 313 g/mol. The lowest BCUT2D eigenvalue weighted by Crippen LogP contribution is -2.33. The molecule has 1 aromatic rings. The third-order valence-electron chi connectivity index (χ3n) is 3.95. The number of hydrogen-bond donors (Lipinski definition) is 2. The highest BCUT2D eigenvalue weighted by Crippen LogP contribution is 2.34. The molecule has 0 saturated carbocycles. The number of hydrogen-bond acceptors (Lipinski definition) is 6. The number of fused-ring (bicyclic) bond motifs is 1. The Bertz CT molecular complexity index is 616. The zero-order valence-electron chi connectivity index (χ0n) is 11.6. The summed E-state index contributed by atoms with van der Waals surface area (Å²) < 4.78 is 33.9. The fraction of sp³-hybridized carbons (Fsp3) is 0.571. The van der Waals surface area contributed by atoms with Crippen molar-refractivity contribution in [2.45, 2.75) is 24.2 Å². The Morgan fingerprint density at radius 2 is 2.14 bits per heavy atom. The highest BCUT2D eigenvalue weighted by atomic mass is 32.2. The van der Waals surface area contributed by atoms with Gasteiger partial charge in [0.15, 0.2) is 21.3 Å². The Labute approximate surface area is 124 Å². The molecule has 6 nitrogen and oxygen atoms in total. The van der Waals surface area contributed by atoms with Crippen LogP contribution >= 0.6 is 0 Å². The van der Waals surface area contributed by atoms with E-state index in [1.165, 1.54) is 0 Å². The molecule has 2 aliphatic rings. The summed E-state index contributed by atoms with van der Waals surface area (Å²) >= 11 is 0. The topological polar surface area (TPSA) is 84.9 Å². The molecule has 116 valence electrons. The minimum absolute atomic E-state index is 0.201. The summed E-state index contributed by atoms with van der Waals surface area (Å²) in [4.78, 5) is 0. The van der Waals surface area contributed by atoms with Gasteiger partial charge in [0, 0.05) is 13.1 Å². The molecule has 1 saturated heterocycles. The Morgan fingerprint density at radius 1 is 1.33 bits per heavy atom. The Balaban J connectivity index is 1.53. The Kier molecular flexibility index (Phi) is 4.05. The van der Waals surface area contributed by atoms with E-state index in [1.54, 1.807) is 18.2 Å². The van der Waals surface area contributed by atoms with E-state index in [-0.39, 0.29) is 17.8 Å². The van der Waals surface area contributed by atoms with Crippen LogP contribution in [-0.4, -0.2) is 44.4 Å². The van der Waals surface area contributed by atoms with Crippen LogP contribution < -0.4 is 14.8 Å². The van der Waals surface area contributed by atoms with Crippen LogP contribution in [0.1, 0.15) is 24.5 Å². The molecular weight excluding hydrogens is 294 g/mol. The fourth-order valence-electron chi connectivity index (χ4n) is 2.71. The van der Waals surface area contributed by atoms with Crippen molar-refractivity contribution >= 4 is 9.84 Å². The van der Waals surface area contributed by atoms with E-state index < -0.39 is 15.9 Å². The molecule has 2 unspecified atom stereocenters. The van der Waals surface area contributed by atoms with Crippen LogP contribution in [0.2, 0.25) is 0 Å². The second kappa shape index (κ2) is 5.82. The molecule has 7 heteroatoms. The van der Waals surface area contributed by atoms with Gasteiger partial charge in [-0.15, -0.1) is 0 Å². The van der Waals surface area contributed by atoms with Crippen LogP contribution in [0.25, 0.3) is 0 Å². The van der Waals surface area contributed by atoms with Crippen molar-refractivity contribution in [1.29, 1.82) is 0 Å². The molecule has 0 amide bonds. The van der Waals surface area contributed by atoms with E-state index in [0.717, 1.165) is 12.0 Å². The zero-order valence-corrected chi connectivity index (χ0v) is 12.4. The molecule has 1 aromatic carbocycles. The summed E-state index contributed by atoms with van der Waals surface area (Å²) in [6, 6.07) is 5.30. The third-order valence-corrected chi connectivity index (χ3v) is 6.23. The SMILES string of the molecule is O=S1(=O)CCCC1CNCC(O)c1ccc2c(c1)OCO2. The maximum absolute atomic E-state index is 11.7. The zero-order chi connectivity index (χ0) is 14.9. The van der Waals surface area contributed by atoms with Gasteiger partial charge in [0.25, 0.3) is 0 Å². The first-order chi connectivity index (χ1) is 10.1. The summed E-state index contributed by atoms with van der Waals surface area (Å²) in [5, 5.41) is 12.9. The van der Waals surface area contributed by atoms with Crippen LogP contribution in [0.3, 0.4) is 0 Å². The van der Waals surface area contributed by atoms with Crippen molar-refractivity contribution in [3.05, 3.63) is 23.8 Å². The van der Waals surface area contributed by atoms with E-state index in [9.17, 15) is 13.5 Å². The van der Waals surface area contributed by atoms with Gasteiger partial charge in [0.05, 0.1) is 17.1 Å². The van der Waals surface area contributed by atoms with Gasteiger partial charge in [0.1, 0.15) is 0 Å². The van der Waals surface area contributed by atoms with E-state index in [0.29, 0.717) is 31.0 Å². The summed E-state index contributed by atoms with van der Waals surface area (Å²) in [5.74, 6) is 1.59. The van der Waals surface area contributed by atoms with Gasteiger partial charge in [-0.25, -0.2) is 8.42 Å². The van der Waals surface area contributed by atoms with Gasteiger partial charge in [0.2, 0.25) is 6.79 Å². The highest BCUT2D eigenvalue weighted by molar-refractivity contribution is 7.92. The molecule has 2 N–H and O–H groups in total. The first kappa shape index (κ1) is 14.6. The summed E-state index contributed by atoms with van der Waals surface area (Å²) in [5.41, 5.74) is 0.723. The Morgan fingerprint density at radius 3 is 2.90 bits per heavy atom. The number of nitrogens with one attached hydrogen (secondary N) is 1. The van der Waals surface area contributed by atoms with Gasteiger partial charge >= 0.3 is 0 Å². The largest absolute Gasteiger partial charge is 0.454 e. The summed E-state index contributed by atoms with van der Waals surface area (Å²) in [6.45, 7) is 0.905. The van der Waals surface area contributed by atoms with Crippen molar-refractivity contribution in [3.8, 4) is 11.5 Å². The molecule has 0 bridgehead atoms. The standard InChI is InChI=1S/C14H19NO5S/c16-12(8-15-7-11-2-1-5-21(11,17)18)10-3-4-13-14(6-10)20-9-19-13/h3-4,6,11-12,15-16H,1-2,5,7-9H2. The smallest absolute Gasteiger partial charge is 0.231 e. The first-order valence-corrected chi connectivity index (χ1v) is 8.78. The van der Waals surface area contributed by atoms with Gasteiger partial charge in [-0.1, -0.05) is 6.07 Å². The lowest BCUT2D eigenvalue weighted by Gasteiger charge is -2.15. The van der Waals surface area contributed by atoms with Crippen molar-refractivity contribution in [1.82, 2.24) is 5.32 Å². The highest BCUT2D eigenvalue weighted by Gasteiger charge is 2.30. The minimum atomic E-state index is -2.94. The minimum Gasteiger partial charge on any atom is -0.454 e. The molecule has 2 heterocycles. The van der Waals surface area contributed by atoms with Crippen LogP contribution in [0.4, 0.5) is 0 Å². The van der Waals surface area contributed by atoms with Crippen LogP contribution in [0.5, 0.6) is 11.5 Å². The van der Waals surface area contributed by atoms with Gasteiger partial charge in [-0.2, -0.15) is 0 Å². The lowest BCUT2D eigenvalue weighted by molar-refractivity contribution is 0.170. The number of rotatable bonds is 5. The Hall–Kier alpha value is -1.31. The first-order valence-electron chi connectivity index (χ1n) is 7.06. The van der Waals surface area contributed by atoms with Crippen molar-refractivity contribution in [2.75, 3.05) is 25.6 Å². The van der Waals surface area contributed by atoms with Crippen LogP contribution in [-0.2, 0) is 9.84 Å². The van der Waals surface area contributed by atoms with Crippen LogP contribution in [0.15, 0.2) is 18.2 Å². The molecular formula is C14H19NO5S. The third kappa shape index (κ3) is 3.14.